The maximum Gasteiger partial charge on any atom is 0.224 e. The van der Waals surface area contributed by atoms with E-state index in [-0.39, 0.29) is 17.9 Å². The lowest BCUT2D eigenvalue weighted by Gasteiger charge is -2.11. The number of amides is 1. The third kappa shape index (κ3) is 4.85. The van der Waals surface area contributed by atoms with Crippen molar-refractivity contribution in [1.29, 1.82) is 0 Å². The molecule has 0 bridgehead atoms. The molecular weight excluding hydrogens is 228 g/mol. The molecule has 0 saturated heterocycles. The molecule has 0 aromatic heterocycles. The Balaban J connectivity index is 2.49. The Kier molecular flexibility index (Phi) is 5.82. The maximum atomic E-state index is 11.7. The summed E-state index contributed by atoms with van der Waals surface area (Å²) in [7, 11) is 1.64. The smallest absolute Gasteiger partial charge is 0.224 e. The summed E-state index contributed by atoms with van der Waals surface area (Å²) in [5, 5.41) is 2.86. The highest BCUT2D eigenvalue weighted by atomic mass is 16.5. The molecule has 0 aliphatic rings. The van der Waals surface area contributed by atoms with Crippen LogP contribution >= 0.6 is 0 Å². The fraction of sp³-hybridized carbons (Fsp3) is 0.500. The topological polar surface area (TPSA) is 64.3 Å². The van der Waals surface area contributed by atoms with E-state index in [0.717, 1.165) is 11.3 Å². The van der Waals surface area contributed by atoms with Crippen molar-refractivity contribution in [3.05, 3.63) is 29.8 Å². The Morgan fingerprint density at radius 2 is 1.94 bits per heavy atom. The first-order chi connectivity index (χ1) is 8.52. The van der Waals surface area contributed by atoms with E-state index in [1.165, 1.54) is 0 Å². The molecule has 2 atom stereocenters. The highest BCUT2D eigenvalue weighted by Gasteiger charge is 2.09. The molecule has 18 heavy (non-hydrogen) atoms. The monoisotopic (exact) mass is 250 g/mol. The summed E-state index contributed by atoms with van der Waals surface area (Å²) in [5.74, 6) is 0.228. The molecular formula is C14H22N2O2. The number of carbonyl (C=O) groups excluding carboxylic acids is 1. The summed E-state index contributed by atoms with van der Waals surface area (Å²) < 4.78 is 5.00. The molecule has 1 aromatic rings. The van der Waals surface area contributed by atoms with Gasteiger partial charge in [-0.2, -0.15) is 0 Å². The molecule has 1 amide bonds. The zero-order valence-corrected chi connectivity index (χ0v) is 11.3. The van der Waals surface area contributed by atoms with Crippen LogP contribution in [0, 0.1) is 5.92 Å². The fourth-order valence-corrected chi connectivity index (χ4v) is 1.74. The quantitative estimate of drug-likeness (QED) is 0.814. The van der Waals surface area contributed by atoms with E-state index in [4.69, 9.17) is 10.5 Å². The van der Waals surface area contributed by atoms with Crippen molar-refractivity contribution in [2.24, 2.45) is 11.7 Å². The summed E-state index contributed by atoms with van der Waals surface area (Å²) in [6, 6.07) is 7.61. The van der Waals surface area contributed by atoms with Gasteiger partial charge in [0.2, 0.25) is 5.91 Å². The molecule has 4 heteroatoms. The van der Waals surface area contributed by atoms with Gasteiger partial charge in [0, 0.05) is 31.9 Å². The van der Waals surface area contributed by atoms with Crippen molar-refractivity contribution >= 4 is 11.6 Å². The number of nitrogens with two attached hydrogens (primary N) is 1. The summed E-state index contributed by atoms with van der Waals surface area (Å²) >= 11 is 0. The Hall–Kier alpha value is -1.39. The molecule has 0 fully saturated rings. The van der Waals surface area contributed by atoms with Crippen LogP contribution in [-0.4, -0.2) is 19.6 Å². The molecule has 1 rings (SSSR count). The predicted octanol–water partition coefficient (Wildman–Crippen LogP) is 2.32. The summed E-state index contributed by atoms with van der Waals surface area (Å²) in [6.45, 7) is 4.51. The lowest BCUT2D eigenvalue weighted by molar-refractivity contribution is -0.117. The number of nitrogens with one attached hydrogen (secondary N) is 1. The SMILES string of the molecule is COCC(C)CC(=O)Nc1ccc(C(C)N)cc1. The van der Waals surface area contributed by atoms with Gasteiger partial charge in [-0.1, -0.05) is 19.1 Å². The lowest BCUT2D eigenvalue weighted by Crippen LogP contribution is -2.17. The van der Waals surface area contributed by atoms with Crippen molar-refractivity contribution in [1.82, 2.24) is 0 Å². The molecule has 0 radical (unpaired) electrons. The Bertz CT molecular complexity index is 374. The van der Waals surface area contributed by atoms with Crippen LogP contribution in [0.2, 0.25) is 0 Å². The van der Waals surface area contributed by atoms with Gasteiger partial charge in [-0.05, 0) is 30.5 Å². The molecule has 100 valence electrons. The second kappa shape index (κ2) is 7.13. The lowest BCUT2D eigenvalue weighted by atomic mass is 10.1. The van der Waals surface area contributed by atoms with Gasteiger partial charge in [0.05, 0.1) is 0 Å². The van der Waals surface area contributed by atoms with Crippen molar-refractivity contribution in [2.45, 2.75) is 26.3 Å². The van der Waals surface area contributed by atoms with E-state index >= 15 is 0 Å². The minimum absolute atomic E-state index is 0.00750. The zero-order chi connectivity index (χ0) is 13.5. The Labute approximate surface area is 109 Å². The third-order valence-electron chi connectivity index (χ3n) is 2.71. The number of rotatable bonds is 6. The van der Waals surface area contributed by atoms with Crippen LogP contribution in [0.5, 0.6) is 0 Å². The van der Waals surface area contributed by atoms with Crippen molar-refractivity contribution in [3.8, 4) is 0 Å². The normalized spacial score (nSPS) is 14.0. The van der Waals surface area contributed by atoms with Crippen LogP contribution in [0.25, 0.3) is 0 Å². The van der Waals surface area contributed by atoms with Gasteiger partial charge < -0.3 is 15.8 Å². The summed E-state index contributed by atoms with van der Waals surface area (Å²) in [6.07, 6.45) is 0.461. The summed E-state index contributed by atoms with van der Waals surface area (Å²) in [5.41, 5.74) is 7.62. The number of anilines is 1. The number of carbonyl (C=O) groups is 1. The Morgan fingerprint density at radius 1 is 1.33 bits per heavy atom. The van der Waals surface area contributed by atoms with E-state index in [1.54, 1.807) is 7.11 Å². The number of benzene rings is 1. The van der Waals surface area contributed by atoms with E-state index in [1.807, 2.05) is 38.1 Å². The average Bonchev–Trinajstić information content (AvgIpc) is 2.29. The molecule has 3 N–H and O–H groups in total. The first-order valence-electron chi connectivity index (χ1n) is 6.17. The van der Waals surface area contributed by atoms with Gasteiger partial charge in [-0.3, -0.25) is 4.79 Å². The second-order valence-electron chi connectivity index (χ2n) is 4.72. The molecule has 4 nitrogen and oxygen atoms in total. The van der Waals surface area contributed by atoms with Gasteiger partial charge in [0.25, 0.3) is 0 Å². The molecule has 0 saturated carbocycles. The van der Waals surface area contributed by atoms with E-state index in [9.17, 15) is 4.79 Å². The predicted molar refractivity (Wildman–Crippen MR) is 73.3 cm³/mol. The van der Waals surface area contributed by atoms with E-state index in [2.05, 4.69) is 5.32 Å². The molecule has 2 unspecified atom stereocenters. The highest BCUT2D eigenvalue weighted by Crippen LogP contribution is 2.15. The van der Waals surface area contributed by atoms with Gasteiger partial charge >= 0.3 is 0 Å². The number of hydrogen-bond acceptors (Lipinski definition) is 3. The zero-order valence-electron chi connectivity index (χ0n) is 11.3. The number of hydrogen-bond donors (Lipinski definition) is 2. The number of methoxy groups -OCH3 is 1. The van der Waals surface area contributed by atoms with Crippen molar-refractivity contribution < 1.29 is 9.53 Å². The first kappa shape index (κ1) is 14.7. The van der Waals surface area contributed by atoms with Crippen LogP contribution in [0.15, 0.2) is 24.3 Å². The molecule has 0 aliphatic heterocycles. The van der Waals surface area contributed by atoms with Gasteiger partial charge in [0.1, 0.15) is 0 Å². The van der Waals surface area contributed by atoms with E-state index < -0.39 is 0 Å². The van der Waals surface area contributed by atoms with Crippen LogP contribution in [0.4, 0.5) is 5.69 Å². The molecule has 0 aliphatic carbocycles. The van der Waals surface area contributed by atoms with Gasteiger partial charge in [0.15, 0.2) is 0 Å². The van der Waals surface area contributed by atoms with E-state index in [0.29, 0.717) is 13.0 Å². The highest BCUT2D eigenvalue weighted by molar-refractivity contribution is 5.90. The Morgan fingerprint density at radius 3 is 2.44 bits per heavy atom. The largest absolute Gasteiger partial charge is 0.384 e. The average molecular weight is 250 g/mol. The minimum atomic E-state index is 0.00750. The van der Waals surface area contributed by atoms with Crippen LogP contribution < -0.4 is 11.1 Å². The van der Waals surface area contributed by atoms with Crippen molar-refractivity contribution in [2.75, 3.05) is 19.0 Å². The maximum absolute atomic E-state index is 11.7. The summed E-state index contributed by atoms with van der Waals surface area (Å²) in [4.78, 5) is 11.7. The first-order valence-corrected chi connectivity index (χ1v) is 6.17. The number of ether oxygens (including phenoxy) is 1. The van der Waals surface area contributed by atoms with Crippen LogP contribution in [0.3, 0.4) is 0 Å². The van der Waals surface area contributed by atoms with Crippen LogP contribution in [-0.2, 0) is 9.53 Å². The van der Waals surface area contributed by atoms with Gasteiger partial charge in [-0.15, -0.1) is 0 Å². The second-order valence-corrected chi connectivity index (χ2v) is 4.72. The third-order valence-corrected chi connectivity index (χ3v) is 2.71. The fourth-order valence-electron chi connectivity index (χ4n) is 1.74. The molecule has 1 aromatic carbocycles. The molecule has 0 heterocycles. The van der Waals surface area contributed by atoms with Crippen LogP contribution in [0.1, 0.15) is 31.9 Å². The minimum Gasteiger partial charge on any atom is -0.384 e. The van der Waals surface area contributed by atoms with Crippen molar-refractivity contribution in [3.63, 3.8) is 0 Å². The van der Waals surface area contributed by atoms with Gasteiger partial charge in [-0.25, -0.2) is 0 Å². The molecule has 0 spiro atoms. The standard InChI is InChI=1S/C14H22N2O2/c1-10(9-18-3)8-14(17)16-13-6-4-12(5-7-13)11(2)15/h4-7,10-11H,8-9,15H2,1-3H3,(H,16,17).